The van der Waals surface area contributed by atoms with Crippen LogP contribution in [0.15, 0.2) is 30.0 Å². The molecule has 3 nitrogen and oxygen atoms in total. The lowest BCUT2D eigenvalue weighted by atomic mass is 9.98. The van der Waals surface area contributed by atoms with Gasteiger partial charge in [0.25, 0.3) is 0 Å². The normalized spacial score (nSPS) is 17.0. The Morgan fingerprint density at radius 3 is 2.88 bits per heavy atom. The van der Waals surface area contributed by atoms with Crippen LogP contribution in [-0.4, -0.2) is 18.8 Å². The van der Waals surface area contributed by atoms with E-state index in [-0.39, 0.29) is 5.75 Å². The predicted molar refractivity (Wildman–Crippen MR) is 61.2 cm³/mol. The molecule has 1 aliphatic rings. The van der Waals surface area contributed by atoms with E-state index in [9.17, 15) is 9.50 Å². The molecule has 2 rings (SSSR count). The van der Waals surface area contributed by atoms with Crippen molar-refractivity contribution in [2.24, 2.45) is 0 Å². The van der Waals surface area contributed by atoms with Gasteiger partial charge in [0.15, 0.2) is 11.6 Å². The average Bonchev–Trinajstić information content (AvgIpc) is 2.39. The van der Waals surface area contributed by atoms with Crippen molar-refractivity contribution < 1.29 is 19.0 Å². The first-order valence-electron chi connectivity index (χ1n) is 5.54. The second-order valence-electron chi connectivity index (χ2n) is 3.96. The summed E-state index contributed by atoms with van der Waals surface area (Å²) in [7, 11) is 1.41. The Hall–Kier alpha value is -1.55. The van der Waals surface area contributed by atoms with E-state index in [4.69, 9.17) is 9.47 Å². The SMILES string of the molecule is COc1ccc(C(O)C2=COCCC2)cc1F. The molecule has 0 saturated carbocycles. The molecule has 1 N–H and O–H groups in total. The molecule has 1 atom stereocenters. The molecule has 0 aliphatic carbocycles. The van der Waals surface area contributed by atoms with Crippen molar-refractivity contribution in [3.8, 4) is 5.75 Å². The molecular weight excluding hydrogens is 223 g/mol. The number of aliphatic hydroxyl groups is 1. The molecule has 1 aromatic rings. The van der Waals surface area contributed by atoms with Crippen molar-refractivity contribution in [3.05, 3.63) is 41.4 Å². The van der Waals surface area contributed by atoms with Gasteiger partial charge in [-0.25, -0.2) is 4.39 Å². The summed E-state index contributed by atoms with van der Waals surface area (Å²) in [5, 5.41) is 10.1. The molecule has 0 fully saturated rings. The van der Waals surface area contributed by atoms with E-state index in [1.165, 1.54) is 19.2 Å². The van der Waals surface area contributed by atoms with Crippen LogP contribution in [0, 0.1) is 5.82 Å². The van der Waals surface area contributed by atoms with Crippen LogP contribution in [0.4, 0.5) is 4.39 Å². The number of methoxy groups -OCH3 is 1. The maximum Gasteiger partial charge on any atom is 0.165 e. The number of rotatable bonds is 3. The lowest BCUT2D eigenvalue weighted by molar-refractivity contribution is 0.170. The summed E-state index contributed by atoms with van der Waals surface area (Å²) in [5.41, 5.74) is 1.29. The number of aliphatic hydroxyl groups excluding tert-OH is 1. The minimum atomic E-state index is -0.810. The lowest BCUT2D eigenvalue weighted by Gasteiger charge is -2.19. The number of hydrogen-bond acceptors (Lipinski definition) is 3. The first-order valence-corrected chi connectivity index (χ1v) is 5.54. The maximum absolute atomic E-state index is 13.5. The number of ether oxygens (including phenoxy) is 2. The van der Waals surface area contributed by atoms with Crippen molar-refractivity contribution in [3.63, 3.8) is 0 Å². The monoisotopic (exact) mass is 238 g/mol. The maximum atomic E-state index is 13.5. The molecule has 0 bridgehead atoms. The van der Waals surface area contributed by atoms with Gasteiger partial charge in [0.1, 0.15) is 6.10 Å². The Kier molecular flexibility index (Phi) is 3.64. The summed E-state index contributed by atoms with van der Waals surface area (Å²) < 4.78 is 23.5. The zero-order valence-corrected chi connectivity index (χ0v) is 9.65. The predicted octanol–water partition coefficient (Wildman–Crippen LogP) is 2.56. The summed E-state index contributed by atoms with van der Waals surface area (Å²) >= 11 is 0. The van der Waals surface area contributed by atoms with Crippen LogP contribution in [0.5, 0.6) is 5.75 Å². The second-order valence-corrected chi connectivity index (χ2v) is 3.96. The third-order valence-electron chi connectivity index (χ3n) is 2.81. The Bertz CT molecular complexity index is 429. The Balaban J connectivity index is 2.21. The molecule has 17 heavy (non-hydrogen) atoms. The molecule has 1 aromatic carbocycles. The second kappa shape index (κ2) is 5.19. The van der Waals surface area contributed by atoms with Gasteiger partial charge in [-0.3, -0.25) is 0 Å². The van der Waals surface area contributed by atoms with E-state index in [0.717, 1.165) is 18.4 Å². The van der Waals surface area contributed by atoms with Crippen molar-refractivity contribution in [1.29, 1.82) is 0 Å². The molecule has 1 unspecified atom stereocenters. The first-order chi connectivity index (χ1) is 8.22. The van der Waals surface area contributed by atoms with Crippen molar-refractivity contribution in [2.75, 3.05) is 13.7 Å². The number of hydrogen-bond donors (Lipinski definition) is 1. The summed E-state index contributed by atoms with van der Waals surface area (Å²) in [6.07, 6.45) is 2.41. The standard InChI is InChI=1S/C13H15FO3/c1-16-12-5-4-9(7-11(12)14)13(15)10-3-2-6-17-8-10/h4-5,7-8,13,15H,2-3,6H2,1H3. The molecule has 0 saturated heterocycles. The molecule has 92 valence electrons. The third kappa shape index (κ3) is 2.58. The quantitative estimate of drug-likeness (QED) is 0.879. The zero-order chi connectivity index (χ0) is 12.3. The van der Waals surface area contributed by atoms with Crippen molar-refractivity contribution >= 4 is 0 Å². The van der Waals surface area contributed by atoms with Gasteiger partial charge in [0.2, 0.25) is 0 Å². The minimum absolute atomic E-state index is 0.176. The largest absolute Gasteiger partial charge is 0.501 e. The fraction of sp³-hybridized carbons (Fsp3) is 0.385. The fourth-order valence-electron chi connectivity index (χ4n) is 1.85. The van der Waals surface area contributed by atoms with Crippen LogP contribution < -0.4 is 4.74 Å². The van der Waals surface area contributed by atoms with Crippen LogP contribution >= 0.6 is 0 Å². The van der Waals surface area contributed by atoms with Gasteiger partial charge < -0.3 is 14.6 Å². The molecule has 1 aliphatic heterocycles. The molecule has 1 heterocycles. The molecule has 0 spiro atoms. The first kappa shape index (κ1) is 11.9. The lowest BCUT2D eigenvalue weighted by Crippen LogP contribution is -2.08. The summed E-state index contributed by atoms with van der Waals surface area (Å²) in [6.45, 7) is 0.674. The van der Waals surface area contributed by atoms with Gasteiger partial charge >= 0.3 is 0 Å². The molecule has 4 heteroatoms. The number of benzene rings is 1. The van der Waals surface area contributed by atoms with E-state index < -0.39 is 11.9 Å². The van der Waals surface area contributed by atoms with Gasteiger partial charge in [0, 0.05) is 0 Å². The summed E-state index contributed by atoms with van der Waals surface area (Å²) in [4.78, 5) is 0. The van der Waals surface area contributed by atoms with E-state index in [2.05, 4.69) is 0 Å². The van der Waals surface area contributed by atoms with E-state index >= 15 is 0 Å². The average molecular weight is 238 g/mol. The van der Waals surface area contributed by atoms with Crippen LogP contribution in [0.2, 0.25) is 0 Å². The highest BCUT2D eigenvalue weighted by Crippen LogP contribution is 2.29. The molecule has 0 aromatic heterocycles. The highest BCUT2D eigenvalue weighted by atomic mass is 19.1. The molecule has 0 radical (unpaired) electrons. The van der Waals surface area contributed by atoms with E-state index in [0.29, 0.717) is 12.2 Å². The van der Waals surface area contributed by atoms with Gasteiger partial charge in [-0.05, 0) is 36.1 Å². The molecular formula is C13H15FO3. The molecule has 0 amide bonds. The van der Waals surface area contributed by atoms with Crippen LogP contribution in [0.3, 0.4) is 0 Å². The van der Waals surface area contributed by atoms with Gasteiger partial charge in [-0.15, -0.1) is 0 Å². The number of halogens is 1. The highest BCUT2D eigenvalue weighted by molar-refractivity contribution is 5.33. The smallest absolute Gasteiger partial charge is 0.165 e. The van der Waals surface area contributed by atoms with Gasteiger partial charge in [-0.1, -0.05) is 6.07 Å². The fourth-order valence-corrected chi connectivity index (χ4v) is 1.85. The van der Waals surface area contributed by atoms with E-state index in [1.54, 1.807) is 12.3 Å². The highest BCUT2D eigenvalue weighted by Gasteiger charge is 2.17. The minimum Gasteiger partial charge on any atom is -0.501 e. The summed E-state index contributed by atoms with van der Waals surface area (Å²) in [5.74, 6) is -0.295. The van der Waals surface area contributed by atoms with Crippen LogP contribution in [0.1, 0.15) is 24.5 Å². The van der Waals surface area contributed by atoms with Gasteiger partial charge in [0.05, 0.1) is 20.0 Å². The topological polar surface area (TPSA) is 38.7 Å². The Labute approximate surface area is 99.5 Å². The Morgan fingerprint density at radius 1 is 1.47 bits per heavy atom. The van der Waals surface area contributed by atoms with Crippen molar-refractivity contribution in [2.45, 2.75) is 18.9 Å². The van der Waals surface area contributed by atoms with E-state index in [1.807, 2.05) is 0 Å². The van der Waals surface area contributed by atoms with Crippen LogP contribution in [-0.2, 0) is 4.74 Å². The van der Waals surface area contributed by atoms with Gasteiger partial charge in [-0.2, -0.15) is 0 Å². The van der Waals surface area contributed by atoms with Crippen LogP contribution in [0.25, 0.3) is 0 Å². The summed E-state index contributed by atoms with van der Waals surface area (Å²) in [6, 6.07) is 4.46. The van der Waals surface area contributed by atoms with Crippen molar-refractivity contribution in [1.82, 2.24) is 0 Å². The third-order valence-corrected chi connectivity index (χ3v) is 2.81. The zero-order valence-electron chi connectivity index (χ0n) is 9.65. The Morgan fingerprint density at radius 2 is 2.29 bits per heavy atom.